The van der Waals surface area contributed by atoms with E-state index in [-0.39, 0.29) is 0 Å². The minimum atomic E-state index is 0.535. The molecule has 3 nitrogen and oxygen atoms in total. The summed E-state index contributed by atoms with van der Waals surface area (Å²) in [4.78, 5) is 2.83. The van der Waals surface area contributed by atoms with E-state index in [2.05, 4.69) is 47.6 Å². The zero-order valence-corrected chi connectivity index (χ0v) is 15.0. The molecule has 2 atom stereocenters. The highest BCUT2D eigenvalue weighted by Crippen LogP contribution is 2.43. The van der Waals surface area contributed by atoms with E-state index >= 15 is 0 Å². The van der Waals surface area contributed by atoms with Crippen molar-refractivity contribution < 1.29 is 0 Å². The minimum absolute atomic E-state index is 0.535. The summed E-state index contributed by atoms with van der Waals surface area (Å²) < 4.78 is 0. The number of hydrogen-bond acceptors (Lipinski definition) is 2. The van der Waals surface area contributed by atoms with Crippen LogP contribution in [-0.4, -0.2) is 34.2 Å². The lowest BCUT2D eigenvalue weighted by atomic mass is 9.97. The number of nitrogens with zero attached hydrogens (tertiary/aromatic N) is 1. The van der Waals surface area contributed by atoms with E-state index in [1.807, 2.05) is 0 Å². The summed E-state index contributed by atoms with van der Waals surface area (Å²) in [7, 11) is 0. The second kappa shape index (κ2) is 6.06. The second-order valence-electron chi connectivity index (χ2n) is 7.65. The number of anilines is 1. The van der Waals surface area contributed by atoms with Crippen LogP contribution in [0.4, 0.5) is 5.69 Å². The van der Waals surface area contributed by atoms with Crippen molar-refractivity contribution in [2.45, 2.75) is 76.5 Å². The Morgan fingerprint density at radius 3 is 2.35 bits per heavy atom. The van der Waals surface area contributed by atoms with E-state index in [9.17, 15) is 0 Å². The van der Waals surface area contributed by atoms with Gasteiger partial charge in [0.05, 0.1) is 0 Å². The molecule has 3 fully saturated rings. The Balaban J connectivity index is 1.35. The van der Waals surface area contributed by atoms with Crippen LogP contribution in [-0.2, 0) is 0 Å². The molecule has 2 saturated heterocycles. The van der Waals surface area contributed by atoms with E-state index in [0.717, 1.165) is 28.9 Å². The first-order valence-corrected chi connectivity index (χ1v) is 9.43. The van der Waals surface area contributed by atoms with Crippen molar-refractivity contribution in [3.8, 4) is 0 Å². The molecule has 4 heteroatoms. The molecule has 23 heavy (non-hydrogen) atoms. The first kappa shape index (κ1) is 15.4. The number of fused-ring (bicyclic) bond motifs is 2. The first-order chi connectivity index (χ1) is 11.1. The fourth-order valence-electron chi connectivity index (χ4n) is 4.51. The van der Waals surface area contributed by atoms with E-state index in [1.165, 1.54) is 49.7 Å². The number of thiocarbonyl (C=S) groups is 1. The molecule has 0 radical (unpaired) electrons. The van der Waals surface area contributed by atoms with Gasteiger partial charge < -0.3 is 10.6 Å². The van der Waals surface area contributed by atoms with Gasteiger partial charge in [-0.15, -0.1) is 0 Å². The maximum Gasteiger partial charge on any atom is 0.171 e. The maximum atomic E-state index is 5.57. The number of hydrogen-bond donors (Lipinski definition) is 2. The van der Waals surface area contributed by atoms with E-state index in [1.54, 1.807) is 0 Å². The zero-order valence-electron chi connectivity index (χ0n) is 14.1. The second-order valence-corrected chi connectivity index (χ2v) is 8.06. The van der Waals surface area contributed by atoms with Crippen LogP contribution in [0, 0.1) is 13.8 Å². The molecule has 2 N–H and O–H groups in total. The first-order valence-electron chi connectivity index (χ1n) is 9.02. The molecule has 1 aromatic rings. The van der Waals surface area contributed by atoms with Crippen LogP contribution >= 0.6 is 12.2 Å². The molecule has 2 aliphatic heterocycles. The van der Waals surface area contributed by atoms with Crippen LogP contribution in [0.1, 0.15) is 49.7 Å². The Labute approximate surface area is 144 Å². The highest BCUT2D eigenvalue weighted by atomic mass is 32.1. The molecule has 3 aliphatic rings. The number of piperidine rings is 1. The van der Waals surface area contributed by atoms with E-state index in [4.69, 9.17) is 12.2 Å². The molecule has 0 aromatic heterocycles. The predicted octanol–water partition coefficient (Wildman–Crippen LogP) is 3.75. The third-order valence-corrected chi connectivity index (χ3v) is 5.95. The Kier molecular flexibility index (Phi) is 4.06. The average Bonchev–Trinajstić information content (AvgIpc) is 3.30. The summed E-state index contributed by atoms with van der Waals surface area (Å²) >= 11 is 5.57. The van der Waals surface area contributed by atoms with Gasteiger partial charge in [0.1, 0.15) is 0 Å². The predicted molar refractivity (Wildman–Crippen MR) is 100.0 cm³/mol. The van der Waals surface area contributed by atoms with Gasteiger partial charge in [-0.3, -0.25) is 4.90 Å². The number of benzene rings is 1. The fraction of sp³-hybridized carbons (Fsp3) is 0.632. The van der Waals surface area contributed by atoms with Crippen molar-refractivity contribution in [2.75, 3.05) is 5.32 Å². The summed E-state index contributed by atoms with van der Waals surface area (Å²) in [5.74, 6) is 0. The van der Waals surface area contributed by atoms with Gasteiger partial charge in [-0.1, -0.05) is 12.1 Å². The van der Waals surface area contributed by atoms with Crippen molar-refractivity contribution in [1.29, 1.82) is 0 Å². The quantitative estimate of drug-likeness (QED) is 0.826. The highest BCUT2D eigenvalue weighted by molar-refractivity contribution is 7.80. The van der Waals surface area contributed by atoms with E-state index < -0.39 is 0 Å². The lowest BCUT2D eigenvalue weighted by Crippen LogP contribution is -2.51. The molecule has 124 valence electrons. The molecule has 2 heterocycles. The topological polar surface area (TPSA) is 27.3 Å². The van der Waals surface area contributed by atoms with Crippen LogP contribution < -0.4 is 10.6 Å². The van der Waals surface area contributed by atoms with Crippen LogP contribution in [0.3, 0.4) is 0 Å². The lowest BCUT2D eigenvalue weighted by molar-refractivity contribution is 0.114. The Morgan fingerprint density at radius 2 is 1.70 bits per heavy atom. The fourth-order valence-corrected chi connectivity index (χ4v) is 4.79. The summed E-state index contributed by atoms with van der Waals surface area (Å²) in [6, 6.07) is 9.49. The smallest absolute Gasteiger partial charge is 0.171 e. The number of rotatable bonds is 3. The Bertz CT molecular complexity index is 597. The van der Waals surface area contributed by atoms with Gasteiger partial charge in [0.25, 0.3) is 0 Å². The minimum Gasteiger partial charge on any atom is -0.360 e. The van der Waals surface area contributed by atoms with Crippen molar-refractivity contribution in [2.24, 2.45) is 0 Å². The van der Waals surface area contributed by atoms with Crippen LogP contribution in [0.15, 0.2) is 18.2 Å². The van der Waals surface area contributed by atoms with E-state index in [0.29, 0.717) is 6.04 Å². The molecule has 2 bridgehead atoms. The van der Waals surface area contributed by atoms with Crippen molar-refractivity contribution in [3.05, 3.63) is 29.3 Å². The molecule has 0 spiro atoms. The van der Waals surface area contributed by atoms with Gasteiger partial charge in [-0.05, 0) is 81.8 Å². The maximum absolute atomic E-state index is 5.57. The number of nitrogens with one attached hydrogen (secondary N) is 2. The largest absolute Gasteiger partial charge is 0.360 e. The molecule has 4 rings (SSSR count). The third-order valence-electron chi connectivity index (χ3n) is 5.73. The average molecular weight is 330 g/mol. The van der Waals surface area contributed by atoms with Crippen LogP contribution in [0.25, 0.3) is 0 Å². The van der Waals surface area contributed by atoms with Crippen molar-refractivity contribution in [3.63, 3.8) is 0 Å². The standard InChI is InChI=1S/C19H27N3S/c1-12-3-4-13(2)18(9-12)21-19(23)20-14-10-16-7-8-17(11-14)22(16)15-5-6-15/h3-4,9,14-17H,5-8,10-11H2,1-2H3,(H2,20,21,23). The van der Waals surface area contributed by atoms with Gasteiger partial charge in [-0.25, -0.2) is 0 Å². The van der Waals surface area contributed by atoms with Crippen molar-refractivity contribution >= 4 is 23.0 Å². The summed E-state index contributed by atoms with van der Waals surface area (Å²) in [6.07, 6.45) is 8.13. The summed E-state index contributed by atoms with van der Waals surface area (Å²) in [5, 5.41) is 7.77. The SMILES string of the molecule is Cc1ccc(C)c(NC(=S)NC2CC3CCC(C2)N3C2CC2)c1. The molecule has 1 aromatic carbocycles. The van der Waals surface area contributed by atoms with Gasteiger partial charge in [0, 0.05) is 29.9 Å². The van der Waals surface area contributed by atoms with Gasteiger partial charge in [0.15, 0.2) is 5.11 Å². The zero-order chi connectivity index (χ0) is 16.0. The summed E-state index contributed by atoms with van der Waals surface area (Å²) in [6.45, 7) is 4.24. The molecule has 0 amide bonds. The summed E-state index contributed by atoms with van der Waals surface area (Å²) in [5.41, 5.74) is 3.63. The van der Waals surface area contributed by atoms with Gasteiger partial charge in [0.2, 0.25) is 0 Å². The highest BCUT2D eigenvalue weighted by Gasteiger charge is 2.46. The molecular formula is C19H27N3S. The number of aryl methyl sites for hydroxylation is 2. The van der Waals surface area contributed by atoms with Crippen molar-refractivity contribution in [1.82, 2.24) is 10.2 Å². The molecule has 2 unspecified atom stereocenters. The monoisotopic (exact) mass is 329 g/mol. The molecular weight excluding hydrogens is 302 g/mol. The Hall–Kier alpha value is -1.13. The van der Waals surface area contributed by atoms with Gasteiger partial charge >= 0.3 is 0 Å². The Morgan fingerprint density at radius 1 is 1.04 bits per heavy atom. The molecule has 1 aliphatic carbocycles. The third kappa shape index (κ3) is 3.24. The van der Waals surface area contributed by atoms with Crippen LogP contribution in [0.2, 0.25) is 0 Å². The van der Waals surface area contributed by atoms with Crippen LogP contribution in [0.5, 0.6) is 0 Å². The lowest BCUT2D eigenvalue weighted by Gasteiger charge is -2.39. The molecule has 1 saturated carbocycles. The normalized spacial score (nSPS) is 30.3. The van der Waals surface area contributed by atoms with Gasteiger partial charge in [-0.2, -0.15) is 0 Å².